The Balaban J connectivity index is 1.91. The lowest BCUT2D eigenvalue weighted by atomic mass is 10.2. The third kappa shape index (κ3) is 5.42. The van der Waals surface area contributed by atoms with Gasteiger partial charge in [0.15, 0.2) is 9.84 Å². The normalized spacial score (nSPS) is 11.0. The van der Waals surface area contributed by atoms with Crippen molar-refractivity contribution in [1.29, 1.82) is 0 Å². The van der Waals surface area contributed by atoms with E-state index in [1.165, 1.54) is 12.1 Å². The van der Waals surface area contributed by atoms with E-state index in [9.17, 15) is 18.0 Å². The van der Waals surface area contributed by atoms with Crippen LogP contribution < -0.4 is 10.6 Å². The minimum atomic E-state index is -3.35. The number of nitrogens with one attached hydrogen (secondary N) is 2. The van der Waals surface area contributed by atoms with E-state index in [1.807, 2.05) is 6.07 Å². The van der Waals surface area contributed by atoms with Crippen LogP contribution in [-0.2, 0) is 14.6 Å². The van der Waals surface area contributed by atoms with Gasteiger partial charge in [0.25, 0.3) is 5.91 Å². The maximum atomic E-state index is 12.0. The van der Waals surface area contributed by atoms with Crippen LogP contribution in [0.2, 0.25) is 0 Å². The molecule has 0 heterocycles. The summed E-state index contributed by atoms with van der Waals surface area (Å²) >= 11 is 0. The van der Waals surface area contributed by atoms with Gasteiger partial charge in [-0.05, 0) is 36.8 Å². The summed E-state index contributed by atoms with van der Waals surface area (Å²) in [6, 6.07) is 13.3. The Hall–Kier alpha value is -2.67. The van der Waals surface area contributed by atoms with Crippen molar-refractivity contribution in [2.24, 2.45) is 0 Å². The van der Waals surface area contributed by atoms with Crippen molar-refractivity contribution in [3.8, 4) is 0 Å². The zero-order valence-corrected chi connectivity index (χ0v) is 14.9. The Morgan fingerprint density at radius 2 is 1.72 bits per heavy atom. The van der Waals surface area contributed by atoms with Gasteiger partial charge in [-0.1, -0.05) is 24.3 Å². The largest absolute Gasteiger partial charge is 0.352 e. The third-order valence-corrected chi connectivity index (χ3v) is 4.70. The fourth-order valence-electron chi connectivity index (χ4n) is 2.16. The van der Waals surface area contributed by atoms with Crippen molar-refractivity contribution < 1.29 is 18.0 Å². The predicted octanol–water partition coefficient (Wildman–Crippen LogP) is 2.16. The number of sulfone groups is 1. The highest BCUT2D eigenvalue weighted by molar-refractivity contribution is 7.90. The van der Waals surface area contributed by atoms with Crippen molar-refractivity contribution in [3.63, 3.8) is 0 Å². The Morgan fingerprint density at radius 1 is 1.04 bits per heavy atom. The van der Waals surface area contributed by atoms with Gasteiger partial charge >= 0.3 is 0 Å². The first-order valence-corrected chi connectivity index (χ1v) is 9.60. The highest BCUT2D eigenvalue weighted by atomic mass is 32.2. The van der Waals surface area contributed by atoms with Gasteiger partial charge in [0, 0.05) is 30.5 Å². The van der Waals surface area contributed by atoms with Gasteiger partial charge < -0.3 is 10.6 Å². The van der Waals surface area contributed by atoms with Gasteiger partial charge in [0.2, 0.25) is 5.91 Å². The average Bonchev–Trinajstić information content (AvgIpc) is 2.56. The molecule has 0 aliphatic rings. The molecule has 132 valence electrons. The summed E-state index contributed by atoms with van der Waals surface area (Å²) in [7, 11) is -3.35. The van der Waals surface area contributed by atoms with Gasteiger partial charge in [-0.2, -0.15) is 0 Å². The number of hydrogen-bond acceptors (Lipinski definition) is 4. The smallest absolute Gasteiger partial charge is 0.251 e. The van der Waals surface area contributed by atoms with Gasteiger partial charge in [0.05, 0.1) is 4.90 Å². The number of amides is 2. The van der Waals surface area contributed by atoms with E-state index in [0.717, 1.165) is 11.8 Å². The minimum Gasteiger partial charge on any atom is -0.352 e. The summed E-state index contributed by atoms with van der Waals surface area (Å²) in [5.41, 5.74) is 1.73. The molecule has 2 amide bonds. The fraction of sp³-hybridized carbons (Fsp3) is 0.222. The van der Waals surface area contributed by atoms with Crippen LogP contribution in [0.15, 0.2) is 53.4 Å². The van der Waals surface area contributed by atoms with E-state index in [2.05, 4.69) is 10.6 Å². The summed E-state index contributed by atoms with van der Waals surface area (Å²) in [4.78, 5) is 24.1. The van der Waals surface area contributed by atoms with Crippen LogP contribution in [0.1, 0.15) is 22.3 Å². The number of carbonyl (C=O) groups is 2. The van der Waals surface area contributed by atoms with Crippen LogP contribution in [0, 0.1) is 6.92 Å². The lowest BCUT2D eigenvalue weighted by Crippen LogP contribution is -2.27. The SMILES string of the molecule is Cc1ccc(S(C)(=O)=O)cc1NC(=O)CCNC(=O)c1ccccc1. The molecule has 2 N–H and O–H groups in total. The number of benzene rings is 2. The maximum Gasteiger partial charge on any atom is 0.251 e. The number of carbonyl (C=O) groups excluding carboxylic acids is 2. The monoisotopic (exact) mass is 360 g/mol. The lowest BCUT2D eigenvalue weighted by Gasteiger charge is -2.10. The Bertz CT molecular complexity index is 877. The molecule has 0 saturated heterocycles. The summed E-state index contributed by atoms with van der Waals surface area (Å²) < 4.78 is 23.2. The minimum absolute atomic E-state index is 0.0844. The van der Waals surface area contributed by atoms with Gasteiger partial charge in [0.1, 0.15) is 0 Å². The van der Waals surface area contributed by atoms with E-state index < -0.39 is 9.84 Å². The number of rotatable bonds is 6. The second-order valence-electron chi connectivity index (χ2n) is 5.67. The van der Waals surface area contributed by atoms with E-state index in [-0.39, 0.29) is 29.7 Å². The first-order valence-electron chi connectivity index (χ1n) is 7.71. The van der Waals surface area contributed by atoms with Crippen LogP contribution in [0.4, 0.5) is 5.69 Å². The molecule has 0 spiro atoms. The van der Waals surface area contributed by atoms with Crippen molar-refractivity contribution in [2.45, 2.75) is 18.2 Å². The maximum absolute atomic E-state index is 12.0. The molecule has 0 aromatic heterocycles. The Morgan fingerprint density at radius 3 is 2.36 bits per heavy atom. The topological polar surface area (TPSA) is 92.3 Å². The Labute approximate surface area is 147 Å². The van der Waals surface area contributed by atoms with E-state index in [0.29, 0.717) is 11.3 Å². The number of hydrogen-bond donors (Lipinski definition) is 2. The molecule has 2 aromatic rings. The highest BCUT2D eigenvalue weighted by Crippen LogP contribution is 2.20. The molecule has 2 aromatic carbocycles. The quantitative estimate of drug-likeness (QED) is 0.826. The average molecular weight is 360 g/mol. The summed E-state index contributed by atoms with van der Waals surface area (Å²) in [6.45, 7) is 1.96. The molecule has 7 heteroatoms. The molecule has 6 nitrogen and oxygen atoms in total. The summed E-state index contributed by atoms with van der Waals surface area (Å²) in [6.07, 6.45) is 1.20. The number of anilines is 1. The molecule has 0 atom stereocenters. The first-order chi connectivity index (χ1) is 11.8. The van der Waals surface area contributed by atoms with Crippen LogP contribution in [0.25, 0.3) is 0 Å². The van der Waals surface area contributed by atoms with Crippen LogP contribution >= 0.6 is 0 Å². The van der Waals surface area contributed by atoms with E-state index in [4.69, 9.17) is 0 Å². The molecule has 0 bridgehead atoms. The molecule has 0 saturated carbocycles. The van der Waals surface area contributed by atoms with E-state index >= 15 is 0 Å². The van der Waals surface area contributed by atoms with Crippen LogP contribution in [0.3, 0.4) is 0 Å². The molecular formula is C18H20N2O4S. The second kappa shape index (κ2) is 7.94. The van der Waals surface area contributed by atoms with Gasteiger partial charge in [-0.3, -0.25) is 9.59 Å². The number of aryl methyl sites for hydroxylation is 1. The molecule has 0 aliphatic carbocycles. The summed E-state index contributed by atoms with van der Waals surface area (Å²) in [5.74, 6) is -0.550. The molecule has 25 heavy (non-hydrogen) atoms. The fourth-order valence-corrected chi connectivity index (χ4v) is 2.81. The molecule has 2 rings (SSSR count). The van der Waals surface area contributed by atoms with Crippen LogP contribution in [0.5, 0.6) is 0 Å². The molecule has 0 fully saturated rings. The Kier molecular flexibility index (Phi) is 5.93. The zero-order valence-electron chi connectivity index (χ0n) is 14.1. The molecule has 0 unspecified atom stereocenters. The second-order valence-corrected chi connectivity index (χ2v) is 7.68. The van der Waals surface area contributed by atoms with Gasteiger partial charge in [-0.15, -0.1) is 0 Å². The lowest BCUT2D eigenvalue weighted by molar-refractivity contribution is -0.116. The third-order valence-electron chi connectivity index (χ3n) is 3.58. The zero-order chi connectivity index (χ0) is 18.4. The molecule has 0 radical (unpaired) electrons. The van der Waals surface area contributed by atoms with Crippen molar-refractivity contribution in [2.75, 3.05) is 18.1 Å². The predicted molar refractivity (Wildman–Crippen MR) is 96.3 cm³/mol. The standard InChI is InChI=1S/C18H20N2O4S/c1-13-8-9-15(25(2,23)24)12-16(13)20-17(21)10-11-19-18(22)14-6-4-3-5-7-14/h3-9,12H,10-11H2,1-2H3,(H,19,22)(H,20,21). The first kappa shape index (κ1) is 18.7. The van der Waals surface area contributed by atoms with Gasteiger partial charge in [-0.25, -0.2) is 8.42 Å². The molecule has 0 aliphatic heterocycles. The highest BCUT2D eigenvalue weighted by Gasteiger charge is 2.12. The van der Waals surface area contributed by atoms with Crippen molar-refractivity contribution in [3.05, 3.63) is 59.7 Å². The van der Waals surface area contributed by atoms with E-state index in [1.54, 1.807) is 37.3 Å². The molecular weight excluding hydrogens is 340 g/mol. The summed E-state index contributed by atoms with van der Waals surface area (Å²) in [5, 5.41) is 5.35. The van der Waals surface area contributed by atoms with Crippen LogP contribution in [-0.4, -0.2) is 33.0 Å². The van der Waals surface area contributed by atoms with Crippen molar-refractivity contribution in [1.82, 2.24) is 5.32 Å². The van der Waals surface area contributed by atoms with Crippen molar-refractivity contribution >= 4 is 27.3 Å².